The minimum Gasteiger partial charge on any atom is -0.478 e. The van der Waals surface area contributed by atoms with Gasteiger partial charge < -0.3 is 15.3 Å². The van der Waals surface area contributed by atoms with E-state index >= 15 is 0 Å². The van der Waals surface area contributed by atoms with Crippen LogP contribution in [0.2, 0.25) is 0 Å². The number of halogens is 1. The Labute approximate surface area is 162 Å². The number of nitrogens with zero attached hydrogens (tertiary/aromatic N) is 2. The second-order valence-corrected chi connectivity index (χ2v) is 6.74. The van der Waals surface area contributed by atoms with E-state index in [-0.39, 0.29) is 24.1 Å². The summed E-state index contributed by atoms with van der Waals surface area (Å²) in [6, 6.07) is 12.7. The number of urea groups is 1. The first-order chi connectivity index (χ1) is 13.5. The summed E-state index contributed by atoms with van der Waals surface area (Å²) in [7, 11) is 0. The van der Waals surface area contributed by atoms with Crippen LogP contribution in [0.4, 0.5) is 9.18 Å². The first kappa shape index (κ1) is 19.4. The molecule has 2 aromatic carbocycles. The maximum Gasteiger partial charge on any atom is 0.335 e. The van der Waals surface area contributed by atoms with E-state index in [1.807, 2.05) is 12.1 Å². The highest BCUT2D eigenvalue weighted by molar-refractivity contribution is 5.89. The Bertz CT molecular complexity index is 931. The van der Waals surface area contributed by atoms with Crippen LogP contribution in [-0.4, -0.2) is 35.1 Å². The molecule has 7 heteroatoms. The van der Waals surface area contributed by atoms with E-state index in [9.17, 15) is 19.1 Å². The molecule has 0 unspecified atom stereocenters. The number of amides is 2. The third kappa shape index (κ3) is 4.29. The molecule has 1 heterocycles. The Morgan fingerprint density at radius 3 is 2.57 bits per heavy atom. The molecule has 1 saturated heterocycles. The highest BCUT2D eigenvalue weighted by atomic mass is 19.1. The molecule has 0 radical (unpaired) electrons. The first-order valence-electron chi connectivity index (χ1n) is 9.03. The summed E-state index contributed by atoms with van der Waals surface area (Å²) in [6.07, 6.45) is 1.37. The lowest BCUT2D eigenvalue weighted by Crippen LogP contribution is -2.44. The van der Waals surface area contributed by atoms with Crippen molar-refractivity contribution < 1.29 is 19.1 Å². The van der Waals surface area contributed by atoms with Gasteiger partial charge in [0.1, 0.15) is 11.9 Å². The van der Waals surface area contributed by atoms with Gasteiger partial charge in [0, 0.05) is 19.6 Å². The summed E-state index contributed by atoms with van der Waals surface area (Å²) in [5, 5.41) is 20.9. The van der Waals surface area contributed by atoms with Crippen LogP contribution >= 0.6 is 0 Å². The van der Waals surface area contributed by atoms with Crippen molar-refractivity contribution in [2.45, 2.75) is 25.3 Å². The van der Waals surface area contributed by atoms with Crippen LogP contribution in [0.3, 0.4) is 0 Å². The Morgan fingerprint density at radius 1 is 1.21 bits per heavy atom. The molecule has 0 saturated carbocycles. The molecule has 2 aromatic rings. The zero-order chi connectivity index (χ0) is 20.1. The molecule has 0 atom stereocenters. The number of carbonyl (C=O) groups is 2. The second-order valence-electron chi connectivity index (χ2n) is 6.74. The van der Waals surface area contributed by atoms with E-state index in [1.165, 1.54) is 12.1 Å². The number of likely N-dealkylation sites (tertiary alicyclic amines) is 1. The predicted octanol–water partition coefficient (Wildman–Crippen LogP) is 3.48. The van der Waals surface area contributed by atoms with Crippen LogP contribution in [0, 0.1) is 17.1 Å². The van der Waals surface area contributed by atoms with Crippen molar-refractivity contribution in [1.29, 1.82) is 5.26 Å². The summed E-state index contributed by atoms with van der Waals surface area (Å²) < 4.78 is 13.6. The molecule has 2 N–H and O–H groups in total. The molecule has 2 amide bonds. The van der Waals surface area contributed by atoms with Crippen LogP contribution in [0.5, 0.6) is 0 Å². The molecule has 144 valence electrons. The normalized spacial score (nSPS) is 14.4. The number of hydrogen-bond donors (Lipinski definition) is 2. The van der Waals surface area contributed by atoms with Crippen LogP contribution in [-0.2, 0) is 6.54 Å². The maximum absolute atomic E-state index is 13.6. The molecular formula is C21H20FN3O3. The van der Waals surface area contributed by atoms with Crippen LogP contribution in [0.25, 0.3) is 0 Å². The van der Waals surface area contributed by atoms with Crippen molar-refractivity contribution in [2.24, 2.45) is 0 Å². The third-order valence-corrected chi connectivity index (χ3v) is 5.01. The fraction of sp³-hybridized carbons (Fsp3) is 0.286. The molecule has 0 aromatic heterocycles. The van der Waals surface area contributed by atoms with Gasteiger partial charge in [0.2, 0.25) is 0 Å². The molecule has 3 rings (SSSR count). The zero-order valence-corrected chi connectivity index (χ0v) is 15.2. The van der Waals surface area contributed by atoms with E-state index in [1.54, 1.807) is 29.2 Å². The van der Waals surface area contributed by atoms with Gasteiger partial charge in [-0.3, -0.25) is 0 Å². The molecule has 0 spiro atoms. The van der Waals surface area contributed by atoms with Crippen LogP contribution in [0.1, 0.15) is 45.8 Å². The zero-order valence-electron chi connectivity index (χ0n) is 15.2. The number of benzene rings is 2. The highest BCUT2D eigenvalue weighted by Gasteiger charge is 2.26. The average molecular weight is 381 g/mol. The van der Waals surface area contributed by atoms with Gasteiger partial charge in [-0.2, -0.15) is 5.26 Å². The number of nitriles is 1. The van der Waals surface area contributed by atoms with Crippen LogP contribution in [0.15, 0.2) is 42.5 Å². The summed E-state index contributed by atoms with van der Waals surface area (Å²) in [4.78, 5) is 25.5. The van der Waals surface area contributed by atoms with Crippen molar-refractivity contribution in [2.75, 3.05) is 13.1 Å². The fourth-order valence-electron chi connectivity index (χ4n) is 3.49. The van der Waals surface area contributed by atoms with E-state index in [2.05, 4.69) is 5.32 Å². The van der Waals surface area contributed by atoms with Gasteiger partial charge in [0.25, 0.3) is 0 Å². The minimum atomic E-state index is -0.939. The molecule has 1 aliphatic rings. The van der Waals surface area contributed by atoms with Crippen molar-refractivity contribution in [1.82, 2.24) is 10.2 Å². The van der Waals surface area contributed by atoms with Gasteiger partial charge in [0.05, 0.1) is 11.1 Å². The number of nitrogens with one attached hydrogen (secondary N) is 1. The molecule has 1 aliphatic heterocycles. The van der Waals surface area contributed by atoms with Gasteiger partial charge in [-0.15, -0.1) is 0 Å². The number of piperidine rings is 1. The Balaban J connectivity index is 1.55. The molecule has 1 fully saturated rings. The number of rotatable bonds is 4. The highest BCUT2D eigenvalue weighted by Crippen LogP contribution is 2.30. The Kier molecular flexibility index (Phi) is 5.90. The van der Waals surface area contributed by atoms with Gasteiger partial charge in [-0.1, -0.05) is 24.3 Å². The van der Waals surface area contributed by atoms with E-state index in [4.69, 9.17) is 5.26 Å². The standard InChI is InChI=1S/C21H20FN3O3/c22-19-11-14(5-6-16(19)12-23)13-24-21(28)25-9-7-15(8-10-25)17-3-1-2-4-18(17)20(26)27/h1-6,11,15H,7-10,13H2,(H,24,28)(H,26,27). The van der Waals surface area contributed by atoms with E-state index < -0.39 is 11.8 Å². The van der Waals surface area contributed by atoms with Gasteiger partial charge in [0.15, 0.2) is 0 Å². The smallest absolute Gasteiger partial charge is 0.335 e. The van der Waals surface area contributed by atoms with Crippen molar-refractivity contribution in [3.63, 3.8) is 0 Å². The van der Waals surface area contributed by atoms with Crippen molar-refractivity contribution in [3.8, 4) is 6.07 Å². The van der Waals surface area contributed by atoms with Crippen molar-refractivity contribution in [3.05, 3.63) is 70.5 Å². The molecule has 0 aliphatic carbocycles. The number of aromatic carboxylic acids is 1. The maximum atomic E-state index is 13.6. The Morgan fingerprint density at radius 2 is 1.93 bits per heavy atom. The van der Waals surface area contributed by atoms with Gasteiger partial charge in [-0.25, -0.2) is 14.0 Å². The van der Waals surface area contributed by atoms with Gasteiger partial charge in [-0.05, 0) is 48.1 Å². The second kappa shape index (κ2) is 8.53. The van der Waals surface area contributed by atoms with Crippen molar-refractivity contribution >= 4 is 12.0 Å². The van der Waals surface area contributed by atoms with E-state index in [0.717, 1.165) is 5.56 Å². The monoisotopic (exact) mass is 381 g/mol. The quantitative estimate of drug-likeness (QED) is 0.848. The lowest BCUT2D eigenvalue weighted by atomic mass is 9.86. The minimum absolute atomic E-state index is 0.0289. The largest absolute Gasteiger partial charge is 0.478 e. The number of carboxylic acids is 1. The summed E-state index contributed by atoms with van der Waals surface area (Å²) in [5.74, 6) is -1.44. The molecule has 0 bridgehead atoms. The number of hydrogen-bond acceptors (Lipinski definition) is 3. The lowest BCUT2D eigenvalue weighted by Gasteiger charge is -2.32. The third-order valence-electron chi connectivity index (χ3n) is 5.01. The molecule has 28 heavy (non-hydrogen) atoms. The average Bonchev–Trinajstić information content (AvgIpc) is 2.72. The predicted molar refractivity (Wildman–Crippen MR) is 100 cm³/mol. The van der Waals surface area contributed by atoms with Crippen LogP contribution < -0.4 is 5.32 Å². The van der Waals surface area contributed by atoms with E-state index in [0.29, 0.717) is 37.1 Å². The number of carbonyl (C=O) groups excluding carboxylic acids is 1. The molecular weight excluding hydrogens is 361 g/mol. The number of carboxylic acid groups (broad SMARTS) is 1. The fourth-order valence-corrected chi connectivity index (χ4v) is 3.49. The van der Waals surface area contributed by atoms with Gasteiger partial charge >= 0.3 is 12.0 Å². The SMILES string of the molecule is N#Cc1ccc(CNC(=O)N2CCC(c3ccccc3C(=O)O)CC2)cc1F. The summed E-state index contributed by atoms with van der Waals surface area (Å²) in [5.41, 5.74) is 1.67. The summed E-state index contributed by atoms with van der Waals surface area (Å²) in [6.45, 7) is 1.21. The lowest BCUT2D eigenvalue weighted by molar-refractivity contribution is 0.0694. The summed E-state index contributed by atoms with van der Waals surface area (Å²) >= 11 is 0. The Hall–Kier alpha value is -3.40. The topological polar surface area (TPSA) is 93.4 Å². The first-order valence-corrected chi connectivity index (χ1v) is 9.03. The molecule has 6 nitrogen and oxygen atoms in total.